The molecule has 2 aromatic carbocycles. The van der Waals surface area contributed by atoms with Crippen LogP contribution in [0, 0.1) is 0 Å². The lowest BCUT2D eigenvalue weighted by Crippen LogP contribution is -2.36. The monoisotopic (exact) mass is 476 g/mol. The van der Waals surface area contributed by atoms with Crippen molar-refractivity contribution in [1.29, 1.82) is 0 Å². The molecule has 0 unspecified atom stereocenters. The molecule has 0 bridgehead atoms. The average Bonchev–Trinajstić information content (AvgIpc) is 3.02. The summed E-state index contributed by atoms with van der Waals surface area (Å²) in [4.78, 5) is 38.7. The molecule has 3 amide bonds. The fourth-order valence-corrected chi connectivity index (χ4v) is 4.06. The van der Waals surface area contributed by atoms with Crippen molar-refractivity contribution < 1.29 is 28.6 Å². The Labute approximate surface area is 194 Å². The number of thioether (sulfide) groups is 1. The number of nitrogens with one attached hydrogen (secondary N) is 1. The van der Waals surface area contributed by atoms with E-state index in [1.54, 1.807) is 36.4 Å². The number of halogens is 1. The van der Waals surface area contributed by atoms with Gasteiger partial charge in [0, 0.05) is 11.3 Å². The molecule has 0 saturated carbocycles. The van der Waals surface area contributed by atoms with Crippen molar-refractivity contribution in [1.82, 2.24) is 4.90 Å². The van der Waals surface area contributed by atoms with Crippen molar-refractivity contribution in [3.05, 3.63) is 51.9 Å². The molecular formula is C22H21ClN2O6S. The van der Waals surface area contributed by atoms with Crippen LogP contribution in [0.25, 0.3) is 6.08 Å². The maximum atomic E-state index is 12.8. The first kappa shape index (κ1) is 23.5. The van der Waals surface area contributed by atoms with E-state index in [0.29, 0.717) is 40.1 Å². The van der Waals surface area contributed by atoms with E-state index in [9.17, 15) is 14.4 Å². The Kier molecular flexibility index (Phi) is 7.66. The highest BCUT2D eigenvalue weighted by Crippen LogP contribution is 2.37. The molecule has 0 aromatic heterocycles. The SMILES string of the molecule is CCOc1c(/C=C2/SC(=O)N(CC(=O)Nc3ccc(OC)c(Cl)c3)C2=O)cccc1OC. The summed E-state index contributed by atoms with van der Waals surface area (Å²) in [6, 6.07) is 9.97. The predicted octanol–water partition coefficient (Wildman–Crippen LogP) is 4.43. The number of rotatable bonds is 8. The van der Waals surface area contributed by atoms with Gasteiger partial charge in [0.1, 0.15) is 12.3 Å². The third-order valence-electron chi connectivity index (χ3n) is 4.42. The molecule has 0 atom stereocenters. The van der Waals surface area contributed by atoms with E-state index in [1.165, 1.54) is 20.3 Å². The van der Waals surface area contributed by atoms with Crippen LogP contribution in [0.3, 0.4) is 0 Å². The molecule has 1 N–H and O–H groups in total. The third-order valence-corrected chi connectivity index (χ3v) is 5.62. The van der Waals surface area contributed by atoms with E-state index in [0.717, 1.165) is 16.7 Å². The number of imide groups is 1. The lowest BCUT2D eigenvalue weighted by Gasteiger charge is -2.13. The first-order valence-electron chi connectivity index (χ1n) is 9.56. The van der Waals surface area contributed by atoms with Crippen LogP contribution in [0.5, 0.6) is 17.2 Å². The Morgan fingerprint density at radius 1 is 1.16 bits per heavy atom. The molecule has 3 rings (SSSR count). The number of carbonyl (C=O) groups is 3. The van der Waals surface area contributed by atoms with Crippen molar-refractivity contribution in [3.8, 4) is 17.2 Å². The van der Waals surface area contributed by atoms with Crippen LogP contribution in [0.4, 0.5) is 10.5 Å². The van der Waals surface area contributed by atoms with E-state index in [4.69, 9.17) is 25.8 Å². The smallest absolute Gasteiger partial charge is 0.294 e. The fourth-order valence-electron chi connectivity index (χ4n) is 2.97. The number of carbonyl (C=O) groups excluding carboxylic acids is 3. The summed E-state index contributed by atoms with van der Waals surface area (Å²) in [5, 5.41) is 2.40. The number of para-hydroxylation sites is 1. The van der Waals surface area contributed by atoms with E-state index in [1.807, 2.05) is 6.92 Å². The lowest BCUT2D eigenvalue weighted by molar-refractivity contribution is -0.127. The summed E-state index contributed by atoms with van der Waals surface area (Å²) in [5.74, 6) is 0.347. The van der Waals surface area contributed by atoms with Crippen LogP contribution in [0.1, 0.15) is 12.5 Å². The van der Waals surface area contributed by atoms with Gasteiger partial charge in [0.05, 0.1) is 30.8 Å². The van der Waals surface area contributed by atoms with Crippen LogP contribution < -0.4 is 19.5 Å². The quantitative estimate of drug-likeness (QED) is 0.563. The highest BCUT2D eigenvalue weighted by atomic mass is 35.5. The Morgan fingerprint density at radius 2 is 1.91 bits per heavy atom. The first-order chi connectivity index (χ1) is 15.4. The molecule has 1 aliphatic rings. The van der Waals surface area contributed by atoms with Crippen LogP contribution in [0.15, 0.2) is 41.3 Å². The summed E-state index contributed by atoms with van der Waals surface area (Å²) in [6.45, 7) is 1.80. The standard InChI is InChI=1S/C22H21ClN2O6S/c1-4-31-20-13(6-5-7-17(20)30-3)10-18-21(27)25(22(28)32-18)12-19(26)24-14-8-9-16(29-2)15(23)11-14/h5-11H,4,12H2,1-3H3,(H,24,26)/b18-10+. The second-order valence-corrected chi connectivity index (χ2v) is 7.88. The summed E-state index contributed by atoms with van der Waals surface area (Å²) in [5.41, 5.74) is 1.01. The molecule has 8 nitrogen and oxygen atoms in total. The molecule has 0 aliphatic carbocycles. The van der Waals surface area contributed by atoms with E-state index < -0.39 is 23.6 Å². The first-order valence-corrected chi connectivity index (χ1v) is 10.8. The zero-order valence-corrected chi connectivity index (χ0v) is 19.2. The van der Waals surface area contributed by atoms with Crippen LogP contribution >= 0.6 is 23.4 Å². The van der Waals surface area contributed by atoms with Crippen molar-refractivity contribution in [2.24, 2.45) is 0 Å². The minimum atomic E-state index is -0.562. The third kappa shape index (κ3) is 5.17. The van der Waals surface area contributed by atoms with Crippen LogP contribution in [-0.2, 0) is 9.59 Å². The van der Waals surface area contributed by atoms with E-state index in [2.05, 4.69) is 5.32 Å². The largest absolute Gasteiger partial charge is 0.495 e. The summed E-state index contributed by atoms with van der Waals surface area (Å²) < 4.78 is 16.0. The Balaban J connectivity index is 1.75. The molecule has 10 heteroatoms. The number of hydrogen-bond donors (Lipinski definition) is 1. The van der Waals surface area contributed by atoms with Gasteiger partial charge < -0.3 is 19.5 Å². The van der Waals surface area contributed by atoms with Crippen LogP contribution in [-0.4, -0.2) is 49.3 Å². The van der Waals surface area contributed by atoms with Gasteiger partial charge in [0.15, 0.2) is 11.5 Å². The molecule has 168 valence electrons. The van der Waals surface area contributed by atoms with Gasteiger partial charge in [-0.2, -0.15) is 0 Å². The van der Waals surface area contributed by atoms with Gasteiger partial charge in [-0.15, -0.1) is 0 Å². The Morgan fingerprint density at radius 3 is 2.56 bits per heavy atom. The Bertz CT molecular complexity index is 1090. The zero-order valence-electron chi connectivity index (χ0n) is 17.6. The number of nitrogens with zero attached hydrogens (tertiary/aromatic N) is 1. The van der Waals surface area contributed by atoms with E-state index in [-0.39, 0.29) is 4.91 Å². The average molecular weight is 477 g/mol. The topological polar surface area (TPSA) is 94.2 Å². The minimum absolute atomic E-state index is 0.185. The lowest BCUT2D eigenvalue weighted by atomic mass is 10.1. The van der Waals surface area contributed by atoms with Crippen molar-refractivity contribution in [3.63, 3.8) is 0 Å². The van der Waals surface area contributed by atoms with Gasteiger partial charge in [-0.05, 0) is 49.0 Å². The molecule has 1 saturated heterocycles. The number of amides is 3. The van der Waals surface area contributed by atoms with Gasteiger partial charge in [0.2, 0.25) is 5.91 Å². The fraction of sp³-hybridized carbons (Fsp3) is 0.227. The van der Waals surface area contributed by atoms with Gasteiger partial charge in [-0.1, -0.05) is 23.7 Å². The number of ether oxygens (including phenoxy) is 3. The molecule has 1 aliphatic heterocycles. The highest BCUT2D eigenvalue weighted by molar-refractivity contribution is 8.18. The number of benzene rings is 2. The molecule has 32 heavy (non-hydrogen) atoms. The van der Waals surface area contributed by atoms with Crippen molar-refractivity contribution in [2.75, 3.05) is 32.7 Å². The number of methoxy groups -OCH3 is 2. The zero-order chi connectivity index (χ0) is 23.3. The highest BCUT2D eigenvalue weighted by Gasteiger charge is 2.36. The van der Waals surface area contributed by atoms with Crippen LogP contribution in [0.2, 0.25) is 5.02 Å². The molecular weight excluding hydrogens is 456 g/mol. The normalized spacial score (nSPS) is 14.6. The molecule has 1 heterocycles. The molecule has 0 radical (unpaired) electrons. The Hall–Kier alpha value is -3.17. The van der Waals surface area contributed by atoms with Gasteiger partial charge in [0.25, 0.3) is 11.1 Å². The second-order valence-electron chi connectivity index (χ2n) is 6.48. The van der Waals surface area contributed by atoms with Crippen molar-refractivity contribution in [2.45, 2.75) is 6.92 Å². The number of hydrogen-bond acceptors (Lipinski definition) is 7. The molecule has 1 fully saturated rings. The summed E-state index contributed by atoms with van der Waals surface area (Å²) >= 11 is 6.81. The number of anilines is 1. The molecule has 2 aromatic rings. The van der Waals surface area contributed by atoms with E-state index >= 15 is 0 Å². The summed E-state index contributed by atoms with van der Waals surface area (Å²) in [6.07, 6.45) is 1.56. The maximum Gasteiger partial charge on any atom is 0.294 e. The van der Waals surface area contributed by atoms with Gasteiger partial charge in [-0.3, -0.25) is 19.3 Å². The maximum absolute atomic E-state index is 12.8. The molecule has 0 spiro atoms. The van der Waals surface area contributed by atoms with Gasteiger partial charge >= 0.3 is 0 Å². The predicted molar refractivity (Wildman–Crippen MR) is 123 cm³/mol. The van der Waals surface area contributed by atoms with Gasteiger partial charge in [-0.25, -0.2) is 0 Å². The second kappa shape index (κ2) is 10.4. The minimum Gasteiger partial charge on any atom is -0.495 e. The summed E-state index contributed by atoms with van der Waals surface area (Å²) in [7, 11) is 3.00. The van der Waals surface area contributed by atoms with Crippen molar-refractivity contribution >= 4 is 52.2 Å².